The lowest BCUT2D eigenvalue weighted by molar-refractivity contribution is -0.122. The SMILES string of the molecule is CNC(=O)COc1ccc2nc(CC(C)C)c(COC(=O)NC(C)(C)C)c(-c3ccc(C)cc3)c2c1. The molecule has 0 saturated carbocycles. The summed E-state index contributed by atoms with van der Waals surface area (Å²) in [6.07, 6.45) is 0.263. The number of fused-ring (bicyclic) bond motifs is 1. The minimum atomic E-state index is -0.476. The second-order valence-corrected chi connectivity index (χ2v) is 10.5. The largest absolute Gasteiger partial charge is 0.484 e. The number of alkyl carbamates (subject to hydrolysis) is 1. The Morgan fingerprint density at radius 3 is 2.36 bits per heavy atom. The summed E-state index contributed by atoms with van der Waals surface area (Å²) in [5.41, 5.74) is 5.27. The highest BCUT2D eigenvalue weighted by molar-refractivity contribution is 5.97. The molecular weight excluding hydrogens is 454 g/mol. The lowest BCUT2D eigenvalue weighted by Crippen LogP contribution is -2.40. The number of rotatable bonds is 8. The Morgan fingerprint density at radius 2 is 1.75 bits per heavy atom. The van der Waals surface area contributed by atoms with E-state index in [0.29, 0.717) is 11.7 Å². The van der Waals surface area contributed by atoms with Crippen LogP contribution >= 0.6 is 0 Å². The van der Waals surface area contributed by atoms with E-state index in [1.54, 1.807) is 7.05 Å². The van der Waals surface area contributed by atoms with Crippen molar-refractivity contribution >= 4 is 22.9 Å². The van der Waals surface area contributed by atoms with E-state index < -0.39 is 11.6 Å². The number of hydrogen-bond donors (Lipinski definition) is 2. The molecule has 2 aromatic carbocycles. The molecule has 0 spiro atoms. The molecule has 1 aromatic heterocycles. The molecule has 7 heteroatoms. The number of nitrogens with one attached hydrogen (secondary N) is 2. The molecule has 0 fully saturated rings. The average Bonchev–Trinajstić information content (AvgIpc) is 2.80. The van der Waals surface area contributed by atoms with Gasteiger partial charge in [-0.3, -0.25) is 9.78 Å². The normalized spacial score (nSPS) is 11.4. The van der Waals surface area contributed by atoms with Crippen LogP contribution in [0.1, 0.15) is 51.4 Å². The molecule has 7 nitrogen and oxygen atoms in total. The van der Waals surface area contributed by atoms with Gasteiger partial charge in [0.15, 0.2) is 6.61 Å². The van der Waals surface area contributed by atoms with Crippen LogP contribution in [0.5, 0.6) is 5.75 Å². The first kappa shape index (κ1) is 27.0. The topological polar surface area (TPSA) is 89.6 Å². The van der Waals surface area contributed by atoms with Gasteiger partial charge in [0.2, 0.25) is 0 Å². The van der Waals surface area contributed by atoms with E-state index in [1.807, 2.05) is 45.9 Å². The van der Waals surface area contributed by atoms with Gasteiger partial charge in [-0.1, -0.05) is 43.7 Å². The van der Waals surface area contributed by atoms with Gasteiger partial charge in [-0.15, -0.1) is 0 Å². The number of nitrogens with zero attached hydrogens (tertiary/aromatic N) is 1. The standard InChI is InChI=1S/C29H37N3O4/c1-18(2)14-25-23(16-36-28(34)32-29(4,5)6)27(20-10-8-19(3)9-11-20)22-15-21(12-13-24(22)31-25)35-17-26(33)30-7/h8-13,15,18H,14,16-17H2,1-7H3,(H,30,33)(H,32,34). The maximum atomic E-state index is 12.5. The Bertz CT molecular complexity index is 1230. The average molecular weight is 492 g/mol. The Balaban J connectivity index is 2.17. The summed E-state index contributed by atoms with van der Waals surface area (Å²) >= 11 is 0. The van der Waals surface area contributed by atoms with Crippen LogP contribution in [0.4, 0.5) is 4.79 Å². The Morgan fingerprint density at radius 1 is 1.06 bits per heavy atom. The fraction of sp³-hybridized carbons (Fsp3) is 0.414. The molecular formula is C29H37N3O4. The number of hydrogen-bond acceptors (Lipinski definition) is 5. The maximum Gasteiger partial charge on any atom is 0.407 e. The van der Waals surface area contributed by atoms with E-state index in [4.69, 9.17) is 14.5 Å². The molecule has 1 heterocycles. The highest BCUT2D eigenvalue weighted by atomic mass is 16.5. The Hall–Kier alpha value is -3.61. The zero-order chi connectivity index (χ0) is 26.5. The van der Waals surface area contributed by atoms with Crippen molar-refractivity contribution in [1.29, 1.82) is 0 Å². The van der Waals surface area contributed by atoms with Gasteiger partial charge in [-0.05, 0) is 69.4 Å². The van der Waals surface area contributed by atoms with E-state index >= 15 is 0 Å². The van der Waals surface area contributed by atoms with Crippen molar-refractivity contribution in [2.75, 3.05) is 13.7 Å². The number of aromatic nitrogens is 1. The second kappa shape index (κ2) is 11.4. The van der Waals surface area contributed by atoms with Crippen molar-refractivity contribution in [2.24, 2.45) is 5.92 Å². The molecule has 0 aliphatic carbocycles. The summed E-state index contributed by atoms with van der Waals surface area (Å²) in [5, 5.41) is 6.29. The summed E-state index contributed by atoms with van der Waals surface area (Å²) in [5.74, 6) is 0.714. The zero-order valence-corrected chi connectivity index (χ0v) is 22.3. The molecule has 0 aliphatic rings. The van der Waals surface area contributed by atoms with Gasteiger partial charge in [0.25, 0.3) is 5.91 Å². The number of benzene rings is 2. The Labute approximate surface area is 213 Å². The minimum absolute atomic E-state index is 0.0797. The Kier molecular flexibility index (Phi) is 8.56. The fourth-order valence-corrected chi connectivity index (χ4v) is 3.88. The van der Waals surface area contributed by atoms with Gasteiger partial charge in [0, 0.05) is 29.2 Å². The van der Waals surface area contributed by atoms with E-state index in [9.17, 15) is 9.59 Å². The monoisotopic (exact) mass is 491 g/mol. The molecule has 3 rings (SSSR count). The second-order valence-electron chi connectivity index (χ2n) is 10.5. The van der Waals surface area contributed by atoms with Crippen molar-refractivity contribution in [2.45, 2.75) is 60.1 Å². The van der Waals surface area contributed by atoms with Gasteiger partial charge in [-0.2, -0.15) is 0 Å². The van der Waals surface area contributed by atoms with Gasteiger partial charge < -0.3 is 20.1 Å². The van der Waals surface area contributed by atoms with Crippen LogP contribution in [0.15, 0.2) is 42.5 Å². The van der Waals surface area contributed by atoms with Crippen molar-refractivity contribution in [3.8, 4) is 16.9 Å². The molecule has 192 valence electrons. The molecule has 2 N–H and O–H groups in total. The van der Waals surface area contributed by atoms with Crippen LogP contribution in [0.3, 0.4) is 0 Å². The molecule has 0 atom stereocenters. The first-order chi connectivity index (χ1) is 17.0. The number of amides is 2. The van der Waals surface area contributed by atoms with Crippen molar-refractivity contribution in [3.63, 3.8) is 0 Å². The smallest absolute Gasteiger partial charge is 0.407 e. The van der Waals surface area contributed by atoms with Crippen molar-refractivity contribution in [1.82, 2.24) is 15.6 Å². The van der Waals surface area contributed by atoms with Crippen LogP contribution < -0.4 is 15.4 Å². The van der Waals surface area contributed by atoms with Gasteiger partial charge in [-0.25, -0.2) is 4.79 Å². The molecule has 0 aliphatic heterocycles. The highest BCUT2D eigenvalue weighted by Crippen LogP contribution is 2.36. The van der Waals surface area contributed by atoms with Gasteiger partial charge in [0.05, 0.1) is 5.52 Å². The van der Waals surface area contributed by atoms with Gasteiger partial charge >= 0.3 is 6.09 Å². The molecule has 3 aromatic rings. The summed E-state index contributed by atoms with van der Waals surface area (Å²) in [6.45, 7) is 12.1. The quantitative estimate of drug-likeness (QED) is 0.431. The summed E-state index contributed by atoms with van der Waals surface area (Å²) in [4.78, 5) is 29.2. The molecule has 36 heavy (non-hydrogen) atoms. The predicted octanol–water partition coefficient (Wildman–Crippen LogP) is 5.56. The van der Waals surface area contributed by atoms with Crippen molar-refractivity contribution < 1.29 is 19.1 Å². The van der Waals surface area contributed by atoms with Crippen LogP contribution in [0, 0.1) is 12.8 Å². The summed E-state index contributed by atoms with van der Waals surface area (Å²) < 4.78 is 11.4. The summed E-state index contributed by atoms with van der Waals surface area (Å²) in [7, 11) is 1.57. The maximum absolute atomic E-state index is 12.5. The van der Waals surface area contributed by atoms with E-state index in [0.717, 1.165) is 45.3 Å². The van der Waals surface area contributed by atoms with E-state index in [1.165, 1.54) is 0 Å². The number of carbonyl (C=O) groups is 2. The molecule has 0 saturated heterocycles. The van der Waals surface area contributed by atoms with E-state index in [-0.39, 0.29) is 19.1 Å². The van der Waals surface area contributed by atoms with E-state index in [2.05, 4.69) is 48.7 Å². The van der Waals surface area contributed by atoms with Gasteiger partial charge in [0.1, 0.15) is 12.4 Å². The number of aryl methyl sites for hydroxylation is 1. The fourth-order valence-electron chi connectivity index (χ4n) is 3.88. The minimum Gasteiger partial charge on any atom is -0.484 e. The van der Waals surface area contributed by atoms with Crippen LogP contribution in [0.2, 0.25) is 0 Å². The third kappa shape index (κ3) is 7.20. The number of likely N-dealkylation sites (N-methyl/N-ethyl adjacent to an activating group) is 1. The lowest BCUT2D eigenvalue weighted by atomic mass is 9.91. The molecule has 0 unspecified atom stereocenters. The summed E-state index contributed by atoms with van der Waals surface area (Å²) in [6, 6.07) is 13.9. The lowest BCUT2D eigenvalue weighted by Gasteiger charge is -2.22. The zero-order valence-electron chi connectivity index (χ0n) is 22.3. The first-order valence-electron chi connectivity index (χ1n) is 12.3. The highest BCUT2D eigenvalue weighted by Gasteiger charge is 2.21. The number of pyridine rings is 1. The molecule has 0 bridgehead atoms. The molecule has 2 amide bonds. The number of carbonyl (C=O) groups excluding carboxylic acids is 2. The van der Waals surface area contributed by atoms with Crippen molar-refractivity contribution in [3.05, 3.63) is 59.3 Å². The van der Waals surface area contributed by atoms with Crippen LogP contribution in [0.25, 0.3) is 22.0 Å². The third-order valence-electron chi connectivity index (χ3n) is 5.56. The van der Waals surface area contributed by atoms with Crippen LogP contribution in [-0.4, -0.2) is 36.2 Å². The predicted molar refractivity (Wildman–Crippen MR) is 143 cm³/mol. The molecule has 0 radical (unpaired) electrons. The van der Waals surface area contributed by atoms with Crippen LogP contribution in [-0.2, 0) is 22.6 Å². The third-order valence-corrected chi connectivity index (χ3v) is 5.56. The first-order valence-corrected chi connectivity index (χ1v) is 12.3. The number of ether oxygens (including phenoxy) is 2.